The second kappa shape index (κ2) is 15.6. The van der Waals surface area contributed by atoms with E-state index in [1.54, 1.807) is 12.2 Å². The van der Waals surface area contributed by atoms with Crippen LogP contribution in [0.4, 0.5) is 0 Å². The van der Waals surface area contributed by atoms with Gasteiger partial charge in [-0.1, -0.05) is 82.3 Å². The molecule has 0 aliphatic rings. The predicted molar refractivity (Wildman–Crippen MR) is 85.5 cm³/mol. The lowest BCUT2D eigenvalue weighted by molar-refractivity contribution is -0.131. The lowest BCUT2D eigenvalue weighted by Gasteiger charge is -1.99. The lowest BCUT2D eigenvalue weighted by Crippen LogP contribution is -1.84. The first kappa shape index (κ1) is 18.5. The fourth-order valence-electron chi connectivity index (χ4n) is 1.90. The van der Waals surface area contributed by atoms with Gasteiger partial charge in [0.05, 0.1) is 0 Å². The number of allylic oxidation sites excluding steroid dienone is 3. The van der Waals surface area contributed by atoms with Crippen LogP contribution in [0.25, 0.3) is 0 Å². The Balaban J connectivity index is 3.30. The molecule has 0 saturated heterocycles. The highest BCUT2D eigenvalue weighted by Crippen LogP contribution is 2.10. The molecule has 0 fully saturated rings. The molecule has 0 aliphatic heterocycles. The normalized spacial score (nSPS) is 10.8. The first-order valence-corrected chi connectivity index (χ1v) is 7.82. The fraction of sp³-hybridized carbons (Fsp3) is 0.611. The molecule has 0 spiro atoms. The van der Waals surface area contributed by atoms with E-state index in [2.05, 4.69) is 18.8 Å². The van der Waals surface area contributed by atoms with Gasteiger partial charge in [0.25, 0.3) is 0 Å². The Morgan fingerprint density at radius 3 is 2.15 bits per heavy atom. The third kappa shape index (κ3) is 16.5. The van der Waals surface area contributed by atoms with E-state index in [9.17, 15) is 4.79 Å². The molecule has 2 nitrogen and oxygen atoms in total. The van der Waals surface area contributed by atoms with Crippen LogP contribution in [-0.4, -0.2) is 11.1 Å². The number of hydrogen-bond acceptors (Lipinski definition) is 1. The fourth-order valence-corrected chi connectivity index (χ4v) is 1.90. The first-order chi connectivity index (χ1) is 9.77. The van der Waals surface area contributed by atoms with Crippen molar-refractivity contribution in [3.8, 4) is 11.8 Å². The molecule has 0 aromatic carbocycles. The van der Waals surface area contributed by atoms with Crippen LogP contribution < -0.4 is 0 Å². The Morgan fingerprint density at radius 1 is 0.950 bits per heavy atom. The average molecular weight is 276 g/mol. The van der Waals surface area contributed by atoms with E-state index in [1.165, 1.54) is 63.9 Å². The second-order valence-corrected chi connectivity index (χ2v) is 4.96. The number of rotatable bonds is 11. The van der Waals surface area contributed by atoms with Crippen LogP contribution in [0.1, 0.15) is 71.1 Å². The van der Waals surface area contributed by atoms with Gasteiger partial charge in [0.2, 0.25) is 0 Å². The maximum absolute atomic E-state index is 10.2. The van der Waals surface area contributed by atoms with Crippen molar-refractivity contribution in [3.63, 3.8) is 0 Å². The van der Waals surface area contributed by atoms with Gasteiger partial charge in [-0.3, -0.25) is 0 Å². The van der Waals surface area contributed by atoms with Crippen molar-refractivity contribution in [2.75, 3.05) is 0 Å². The van der Waals surface area contributed by atoms with E-state index in [0.717, 1.165) is 12.5 Å². The molecule has 0 bridgehead atoms. The highest BCUT2D eigenvalue weighted by atomic mass is 16.4. The minimum Gasteiger partial charge on any atom is -0.478 e. The topological polar surface area (TPSA) is 37.3 Å². The summed E-state index contributed by atoms with van der Waals surface area (Å²) < 4.78 is 0. The van der Waals surface area contributed by atoms with Gasteiger partial charge in [-0.2, -0.15) is 0 Å². The molecule has 0 atom stereocenters. The number of unbranched alkanes of at least 4 members (excludes halogenated alkanes) is 9. The van der Waals surface area contributed by atoms with E-state index in [0.29, 0.717) is 0 Å². The van der Waals surface area contributed by atoms with E-state index in [-0.39, 0.29) is 0 Å². The van der Waals surface area contributed by atoms with Crippen LogP contribution in [0.15, 0.2) is 24.3 Å². The van der Waals surface area contributed by atoms with Crippen molar-refractivity contribution in [1.82, 2.24) is 0 Å². The van der Waals surface area contributed by atoms with Crippen LogP contribution in [-0.2, 0) is 4.79 Å². The van der Waals surface area contributed by atoms with E-state index < -0.39 is 5.97 Å². The molecule has 0 heterocycles. The molecule has 0 aromatic rings. The van der Waals surface area contributed by atoms with Gasteiger partial charge in [0.1, 0.15) is 0 Å². The predicted octanol–water partition coefficient (Wildman–Crippen LogP) is 5.11. The molecule has 112 valence electrons. The van der Waals surface area contributed by atoms with Gasteiger partial charge < -0.3 is 5.11 Å². The van der Waals surface area contributed by atoms with Gasteiger partial charge >= 0.3 is 5.97 Å². The van der Waals surface area contributed by atoms with Gasteiger partial charge in [-0.05, 0) is 12.5 Å². The SMILES string of the molecule is CCCCCCCCCCCC#CC=CC=CC(=O)O. The van der Waals surface area contributed by atoms with Crippen molar-refractivity contribution >= 4 is 5.97 Å². The van der Waals surface area contributed by atoms with Gasteiger partial charge in [-0.25, -0.2) is 4.79 Å². The number of carboxylic acid groups (broad SMARTS) is 1. The molecule has 0 amide bonds. The van der Waals surface area contributed by atoms with E-state index >= 15 is 0 Å². The summed E-state index contributed by atoms with van der Waals surface area (Å²) in [5, 5.41) is 8.36. The molecule has 0 aromatic heterocycles. The molecule has 0 rings (SSSR count). The maximum Gasteiger partial charge on any atom is 0.328 e. The summed E-state index contributed by atoms with van der Waals surface area (Å²) in [6.45, 7) is 2.25. The average Bonchev–Trinajstić information content (AvgIpc) is 2.43. The quantitative estimate of drug-likeness (QED) is 0.246. The largest absolute Gasteiger partial charge is 0.478 e. The van der Waals surface area contributed by atoms with Crippen molar-refractivity contribution in [3.05, 3.63) is 24.3 Å². The van der Waals surface area contributed by atoms with Crippen LogP contribution in [0.3, 0.4) is 0 Å². The zero-order valence-electron chi connectivity index (χ0n) is 12.7. The number of carboxylic acids is 1. The summed E-state index contributed by atoms with van der Waals surface area (Å²) in [5.74, 6) is 5.05. The highest BCUT2D eigenvalue weighted by Gasteiger charge is 1.90. The highest BCUT2D eigenvalue weighted by molar-refractivity contribution is 5.80. The summed E-state index contributed by atoms with van der Waals surface area (Å²) in [5.41, 5.74) is 0. The molecule has 0 saturated carbocycles. The minimum absolute atomic E-state index is 0.933. The summed E-state index contributed by atoms with van der Waals surface area (Å²) in [6.07, 6.45) is 18.8. The zero-order valence-corrected chi connectivity index (χ0v) is 12.7. The Morgan fingerprint density at radius 2 is 1.55 bits per heavy atom. The molecule has 1 N–H and O–H groups in total. The monoisotopic (exact) mass is 276 g/mol. The molecule has 2 heteroatoms. The van der Waals surface area contributed by atoms with Crippen LogP contribution >= 0.6 is 0 Å². The standard InChI is InChI=1S/C18H28O2/c1-2-3-4-5-6-7-8-9-10-11-12-13-14-15-16-17-18(19)20/h14-17H,2-11H2,1H3,(H,19,20). The first-order valence-electron chi connectivity index (χ1n) is 7.82. The molecule has 0 aliphatic carbocycles. The van der Waals surface area contributed by atoms with Crippen molar-refractivity contribution in [2.45, 2.75) is 71.1 Å². The van der Waals surface area contributed by atoms with Gasteiger partial charge in [0, 0.05) is 12.5 Å². The third-order valence-corrected chi connectivity index (χ3v) is 3.04. The lowest BCUT2D eigenvalue weighted by atomic mass is 10.1. The molecular weight excluding hydrogens is 248 g/mol. The van der Waals surface area contributed by atoms with Crippen LogP contribution in [0.2, 0.25) is 0 Å². The number of carbonyl (C=O) groups is 1. The molecule has 20 heavy (non-hydrogen) atoms. The zero-order chi connectivity index (χ0) is 14.9. The summed E-state index contributed by atoms with van der Waals surface area (Å²) in [6, 6.07) is 0. The summed E-state index contributed by atoms with van der Waals surface area (Å²) in [4.78, 5) is 10.2. The molecular formula is C18H28O2. The maximum atomic E-state index is 10.2. The second-order valence-electron chi connectivity index (χ2n) is 4.96. The molecule has 0 radical (unpaired) electrons. The van der Waals surface area contributed by atoms with E-state index in [4.69, 9.17) is 5.11 Å². The van der Waals surface area contributed by atoms with Crippen LogP contribution in [0, 0.1) is 11.8 Å². The van der Waals surface area contributed by atoms with Crippen LogP contribution in [0.5, 0.6) is 0 Å². The molecule has 0 unspecified atom stereocenters. The van der Waals surface area contributed by atoms with Gasteiger partial charge in [-0.15, -0.1) is 0 Å². The smallest absolute Gasteiger partial charge is 0.328 e. The number of aliphatic carboxylic acids is 1. The Labute approximate surface area is 124 Å². The Kier molecular flexibility index (Phi) is 14.4. The van der Waals surface area contributed by atoms with Crippen molar-refractivity contribution in [2.24, 2.45) is 0 Å². The van der Waals surface area contributed by atoms with Crippen molar-refractivity contribution in [1.29, 1.82) is 0 Å². The van der Waals surface area contributed by atoms with Gasteiger partial charge in [0.15, 0.2) is 0 Å². The van der Waals surface area contributed by atoms with Crippen molar-refractivity contribution < 1.29 is 9.90 Å². The Hall–Kier alpha value is -1.49. The van der Waals surface area contributed by atoms with E-state index in [1.807, 2.05) is 0 Å². The summed E-state index contributed by atoms with van der Waals surface area (Å²) in [7, 11) is 0. The third-order valence-electron chi connectivity index (χ3n) is 3.04. The Bertz CT molecular complexity index is 342. The summed E-state index contributed by atoms with van der Waals surface area (Å²) >= 11 is 0. The minimum atomic E-state index is -0.933. The number of hydrogen-bond donors (Lipinski definition) is 1.